The van der Waals surface area contributed by atoms with E-state index in [0.717, 1.165) is 39.7 Å². The van der Waals surface area contributed by atoms with Gasteiger partial charge >= 0.3 is 0 Å². The first-order valence-corrected chi connectivity index (χ1v) is 17.0. The van der Waals surface area contributed by atoms with E-state index in [0.29, 0.717) is 13.2 Å². The third kappa shape index (κ3) is 5.69. The minimum atomic E-state index is -0.275. The monoisotopic (exact) mass is 649 g/mol. The van der Waals surface area contributed by atoms with Gasteiger partial charge in [0.25, 0.3) is 0 Å². The van der Waals surface area contributed by atoms with Gasteiger partial charge in [0.2, 0.25) is 0 Å². The first kappa shape index (κ1) is 30.0. The van der Waals surface area contributed by atoms with E-state index in [9.17, 15) is 0 Å². The highest BCUT2D eigenvalue weighted by atomic mass is 16.7. The quantitative estimate of drug-likeness (QED) is 0.178. The number of benzene rings is 7. The Labute approximate surface area is 291 Å². The zero-order valence-corrected chi connectivity index (χ0v) is 27.4. The molecule has 1 aliphatic heterocycles. The van der Waals surface area contributed by atoms with E-state index < -0.39 is 0 Å². The van der Waals surface area contributed by atoms with E-state index in [1.807, 2.05) is 12.1 Å². The highest BCUT2D eigenvalue weighted by Crippen LogP contribution is 2.37. The summed E-state index contributed by atoms with van der Waals surface area (Å²) in [5, 5.41) is 6.05. The third-order valence-corrected chi connectivity index (χ3v) is 9.38. The number of hydrogen-bond donors (Lipinski definition) is 1. The number of nitrogens with zero attached hydrogens (tertiary/aromatic N) is 2. The van der Waals surface area contributed by atoms with Gasteiger partial charge in [-0.05, 0) is 102 Å². The van der Waals surface area contributed by atoms with Crippen LogP contribution in [0.2, 0.25) is 0 Å². The largest absolute Gasteiger partial charge is 0.356 e. The molecule has 0 saturated carbocycles. The normalized spacial score (nSPS) is 13.2. The molecule has 1 saturated heterocycles. The summed E-state index contributed by atoms with van der Waals surface area (Å²) in [6, 6.07) is 62.1. The van der Waals surface area contributed by atoms with Crippen molar-refractivity contribution in [3.05, 3.63) is 181 Å². The molecule has 7 aromatic carbocycles. The molecule has 1 aromatic heterocycles. The first-order chi connectivity index (χ1) is 24.8. The summed E-state index contributed by atoms with van der Waals surface area (Å²) < 4.78 is 13.8. The van der Waals surface area contributed by atoms with Gasteiger partial charge in [0.05, 0.1) is 24.2 Å². The highest BCUT2D eigenvalue weighted by molar-refractivity contribution is 6.10. The Hall–Kier alpha value is -6.14. The lowest BCUT2D eigenvalue weighted by atomic mass is 10.0. The second-order valence-corrected chi connectivity index (χ2v) is 12.5. The summed E-state index contributed by atoms with van der Waals surface area (Å²) in [4.78, 5) is 2.27. The predicted octanol–water partition coefficient (Wildman–Crippen LogP) is 11.7. The zero-order valence-electron chi connectivity index (χ0n) is 27.4. The van der Waals surface area contributed by atoms with Crippen LogP contribution in [0.5, 0.6) is 0 Å². The van der Waals surface area contributed by atoms with Gasteiger partial charge in [-0.15, -0.1) is 0 Å². The number of ether oxygens (including phenoxy) is 2. The van der Waals surface area contributed by atoms with E-state index in [1.165, 1.54) is 32.9 Å². The van der Waals surface area contributed by atoms with Crippen LogP contribution in [-0.4, -0.2) is 17.8 Å². The van der Waals surface area contributed by atoms with Crippen molar-refractivity contribution < 1.29 is 9.47 Å². The van der Waals surface area contributed by atoms with Gasteiger partial charge in [-0.2, -0.15) is 0 Å². The van der Waals surface area contributed by atoms with E-state index in [1.54, 1.807) is 0 Å². The zero-order chi connectivity index (χ0) is 33.3. The summed E-state index contributed by atoms with van der Waals surface area (Å²) >= 11 is 0. The van der Waals surface area contributed by atoms with Crippen LogP contribution < -0.4 is 10.2 Å². The molecule has 0 radical (unpaired) electrons. The maximum absolute atomic E-state index is 5.71. The van der Waals surface area contributed by atoms with Crippen LogP contribution in [0.3, 0.4) is 0 Å². The van der Waals surface area contributed by atoms with Gasteiger partial charge in [0.1, 0.15) is 0 Å². The van der Waals surface area contributed by atoms with Gasteiger partial charge in [0, 0.05) is 50.5 Å². The highest BCUT2D eigenvalue weighted by Gasteiger charge is 2.19. The van der Waals surface area contributed by atoms with Gasteiger partial charge in [-0.25, -0.2) is 0 Å². The maximum atomic E-state index is 5.71. The predicted molar refractivity (Wildman–Crippen MR) is 205 cm³/mol. The maximum Gasteiger partial charge on any atom is 0.184 e. The molecule has 8 aromatic rings. The molecule has 1 fully saturated rings. The van der Waals surface area contributed by atoms with Crippen LogP contribution in [-0.2, 0) is 9.47 Å². The second-order valence-electron chi connectivity index (χ2n) is 12.5. The van der Waals surface area contributed by atoms with Gasteiger partial charge in [-0.3, -0.25) is 0 Å². The molecule has 9 rings (SSSR count). The summed E-state index contributed by atoms with van der Waals surface area (Å²) in [7, 11) is 0. The van der Waals surface area contributed by atoms with Crippen molar-refractivity contribution >= 4 is 50.2 Å². The van der Waals surface area contributed by atoms with Crippen molar-refractivity contribution in [1.29, 1.82) is 0 Å². The molecule has 5 nitrogen and oxygen atoms in total. The van der Waals surface area contributed by atoms with Crippen LogP contribution in [0.1, 0.15) is 11.9 Å². The molecule has 1 N–H and O–H groups in total. The molecule has 0 unspecified atom stereocenters. The number of aromatic nitrogens is 1. The smallest absolute Gasteiger partial charge is 0.184 e. The Bertz CT molecular complexity index is 2340. The van der Waals surface area contributed by atoms with Crippen LogP contribution in [0, 0.1) is 0 Å². The lowest BCUT2D eigenvalue weighted by Gasteiger charge is -2.25. The number of rotatable bonds is 8. The molecule has 2 heterocycles. The molecular weight excluding hydrogens is 615 g/mol. The van der Waals surface area contributed by atoms with Crippen molar-refractivity contribution in [2.45, 2.75) is 6.29 Å². The van der Waals surface area contributed by atoms with Crippen molar-refractivity contribution in [3.63, 3.8) is 0 Å². The number of para-hydroxylation sites is 3. The lowest BCUT2D eigenvalue weighted by molar-refractivity contribution is -0.0441. The number of anilines is 5. The molecule has 0 aliphatic carbocycles. The SMILES string of the molecule is c1ccc(N(c2ccccc2)c2ccc(Nc3ccc(-c4ccc5c(c4)c4ccccc4n5-c4ccc(C5OCCO5)cc4)cc3)cc2)cc1. The van der Waals surface area contributed by atoms with Crippen LogP contribution in [0.4, 0.5) is 28.4 Å². The Morgan fingerprint density at radius 3 is 1.68 bits per heavy atom. The first-order valence-electron chi connectivity index (χ1n) is 17.0. The molecule has 5 heteroatoms. The third-order valence-electron chi connectivity index (χ3n) is 9.38. The average molecular weight is 650 g/mol. The molecule has 0 atom stereocenters. The van der Waals surface area contributed by atoms with Crippen LogP contribution in [0.25, 0.3) is 38.6 Å². The molecule has 50 heavy (non-hydrogen) atoms. The molecular formula is C45H35N3O2. The molecule has 0 bridgehead atoms. The van der Waals surface area contributed by atoms with E-state index in [2.05, 4.69) is 179 Å². The fourth-order valence-electron chi connectivity index (χ4n) is 6.97. The van der Waals surface area contributed by atoms with Crippen molar-refractivity contribution in [2.75, 3.05) is 23.4 Å². The Balaban J connectivity index is 0.969. The lowest BCUT2D eigenvalue weighted by Crippen LogP contribution is -2.09. The molecule has 0 spiro atoms. The summed E-state index contributed by atoms with van der Waals surface area (Å²) in [5.74, 6) is 0. The topological polar surface area (TPSA) is 38.7 Å². The summed E-state index contributed by atoms with van der Waals surface area (Å²) in [6.07, 6.45) is -0.275. The van der Waals surface area contributed by atoms with Crippen molar-refractivity contribution in [1.82, 2.24) is 4.57 Å². The Kier molecular flexibility index (Phi) is 7.82. The minimum Gasteiger partial charge on any atom is -0.356 e. The van der Waals surface area contributed by atoms with E-state index in [-0.39, 0.29) is 6.29 Å². The van der Waals surface area contributed by atoms with Gasteiger partial charge < -0.3 is 24.3 Å². The number of hydrogen-bond acceptors (Lipinski definition) is 4. The minimum absolute atomic E-state index is 0.275. The Morgan fingerprint density at radius 1 is 0.480 bits per heavy atom. The fourth-order valence-corrected chi connectivity index (χ4v) is 6.97. The number of nitrogens with one attached hydrogen (secondary N) is 1. The molecule has 1 aliphatic rings. The second kappa shape index (κ2) is 13.1. The Morgan fingerprint density at radius 2 is 1.02 bits per heavy atom. The van der Waals surface area contributed by atoms with Crippen LogP contribution in [0.15, 0.2) is 176 Å². The van der Waals surface area contributed by atoms with Crippen molar-refractivity contribution in [3.8, 4) is 16.8 Å². The van der Waals surface area contributed by atoms with Gasteiger partial charge in [-0.1, -0.05) is 84.9 Å². The van der Waals surface area contributed by atoms with E-state index >= 15 is 0 Å². The van der Waals surface area contributed by atoms with Gasteiger partial charge in [0.15, 0.2) is 6.29 Å². The number of fused-ring (bicyclic) bond motifs is 3. The average Bonchev–Trinajstić information content (AvgIpc) is 3.84. The summed E-state index contributed by atoms with van der Waals surface area (Å²) in [6.45, 7) is 1.28. The summed E-state index contributed by atoms with van der Waals surface area (Å²) in [5.41, 5.74) is 12.3. The van der Waals surface area contributed by atoms with Crippen LogP contribution >= 0.6 is 0 Å². The van der Waals surface area contributed by atoms with E-state index in [4.69, 9.17) is 9.47 Å². The molecule has 0 amide bonds. The fraction of sp³-hybridized carbons (Fsp3) is 0.0667. The molecule has 242 valence electrons. The van der Waals surface area contributed by atoms with Crippen molar-refractivity contribution in [2.24, 2.45) is 0 Å². The standard InChI is InChI=1S/C45H35N3O2/c1-3-9-37(10-4-1)47(38-11-5-2-6-12-38)39-26-22-36(23-27-39)46-35-20-15-32(16-21-35)34-19-28-44-42(31-34)41-13-7-8-14-43(41)48(44)40-24-17-33(18-25-40)45-49-29-30-50-45/h1-28,31,45-46H,29-30H2.